The lowest BCUT2D eigenvalue weighted by atomic mass is 10.2. The van der Waals surface area contributed by atoms with Crippen molar-refractivity contribution in [2.24, 2.45) is 0 Å². The molecule has 1 N–H and O–H groups in total. The Bertz CT molecular complexity index is 349. The molecule has 1 aromatic heterocycles. The van der Waals surface area contributed by atoms with Crippen LogP contribution in [0.1, 0.15) is 31.7 Å². The summed E-state index contributed by atoms with van der Waals surface area (Å²) in [5.74, 6) is -0.791. The minimum atomic E-state index is -0.791. The molecular formula is C10H17N3O3. The van der Waals surface area contributed by atoms with E-state index in [4.69, 9.17) is 5.11 Å². The zero-order valence-electron chi connectivity index (χ0n) is 9.80. The fourth-order valence-corrected chi connectivity index (χ4v) is 1.34. The van der Waals surface area contributed by atoms with Crippen LogP contribution in [0, 0.1) is 6.92 Å². The van der Waals surface area contributed by atoms with Crippen molar-refractivity contribution in [1.82, 2.24) is 15.2 Å². The third-order valence-corrected chi connectivity index (χ3v) is 2.44. The number of hydrogen-bond acceptors (Lipinski definition) is 5. The van der Waals surface area contributed by atoms with Crippen molar-refractivity contribution in [3.05, 3.63) is 11.4 Å². The topological polar surface area (TPSA) is 79.5 Å². The molecule has 6 heteroatoms. The van der Waals surface area contributed by atoms with Crippen LogP contribution in [0.4, 0.5) is 0 Å². The molecule has 0 aromatic carbocycles. The van der Waals surface area contributed by atoms with Gasteiger partial charge in [0.15, 0.2) is 0 Å². The summed E-state index contributed by atoms with van der Waals surface area (Å²) in [4.78, 5) is 12.6. The molecule has 0 fully saturated rings. The first kappa shape index (κ1) is 12.6. The van der Waals surface area contributed by atoms with E-state index < -0.39 is 5.97 Å². The highest BCUT2D eigenvalue weighted by Crippen LogP contribution is 2.09. The minimum absolute atomic E-state index is 0.127. The molecule has 0 bridgehead atoms. The van der Waals surface area contributed by atoms with Crippen molar-refractivity contribution in [3.8, 4) is 0 Å². The zero-order chi connectivity index (χ0) is 12.1. The lowest BCUT2D eigenvalue weighted by Gasteiger charge is -2.24. The van der Waals surface area contributed by atoms with Gasteiger partial charge in [-0.2, -0.15) is 0 Å². The highest BCUT2D eigenvalue weighted by molar-refractivity contribution is 5.66. The van der Waals surface area contributed by atoms with Gasteiger partial charge in [0, 0.05) is 19.1 Å². The summed E-state index contributed by atoms with van der Waals surface area (Å²) >= 11 is 0. The monoisotopic (exact) mass is 227 g/mol. The largest absolute Gasteiger partial charge is 0.481 e. The van der Waals surface area contributed by atoms with E-state index in [2.05, 4.69) is 14.9 Å². The quantitative estimate of drug-likeness (QED) is 0.782. The van der Waals surface area contributed by atoms with Gasteiger partial charge in [0.2, 0.25) is 0 Å². The van der Waals surface area contributed by atoms with Crippen LogP contribution in [-0.2, 0) is 11.3 Å². The van der Waals surface area contributed by atoms with Crippen molar-refractivity contribution >= 4 is 5.97 Å². The Hall–Kier alpha value is -1.43. The van der Waals surface area contributed by atoms with Crippen LogP contribution in [-0.4, -0.2) is 38.9 Å². The summed E-state index contributed by atoms with van der Waals surface area (Å²) in [7, 11) is 0. The summed E-state index contributed by atoms with van der Waals surface area (Å²) in [6.45, 7) is 6.93. The van der Waals surface area contributed by atoms with E-state index in [-0.39, 0.29) is 12.5 Å². The third kappa shape index (κ3) is 3.62. The first-order chi connectivity index (χ1) is 7.50. The van der Waals surface area contributed by atoms with Crippen LogP contribution in [0.15, 0.2) is 4.63 Å². The van der Waals surface area contributed by atoms with E-state index in [1.165, 1.54) is 0 Å². The number of aryl methyl sites for hydroxylation is 1. The molecule has 0 saturated carbocycles. The Morgan fingerprint density at radius 2 is 2.19 bits per heavy atom. The fraction of sp³-hybridized carbons (Fsp3) is 0.700. The van der Waals surface area contributed by atoms with Crippen LogP contribution in [0.3, 0.4) is 0 Å². The number of nitrogens with zero attached hydrogens (tertiary/aromatic N) is 3. The molecule has 0 aliphatic rings. The van der Waals surface area contributed by atoms with Gasteiger partial charge >= 0.3 is 5.97 Å². The second-order valence-electron chi connectivity index (χ2n) is 4.00. The Morgan fingerprint density at radius 1 is 1.50 bits per heavy atom. The highest BCUT2D eigenvalue weighted by Gasteiger charge is 2.15. The van der Waals surface area contributed by atoms with E-state index in [0.717, 1.165) is 11.4 Å². The van der Waals surface area contributed by atoms with Gasteiger partial charge in [-0.25, -0.2) is 4.63 Å². The molecule has 0 unspecified atom stereocenters. The average Bonchev–Trinajstić information content (AvgIpc) is 2.58. The Morgan fingerprint density at radius 3 is 2.62 bits per heavy atom. The number of rotatable bonds is 6. The van der Waals surface area contributed by atoms with Crippen LogP contribution in [0.25, 0.3) is 0 Å². The maximum Gasteiger partial charge on any atom is 0.304 e. The average molecular weight is 227 g/mol. The predicted octanol–water partition coefficient (Wildman–Crippen LogP) is 1.06. The van der Waals surface area contributed by atoms with Crippen molar-refractivity contribution in [2.45, 2.75) is 39.8 Å². The van der Waals surface area contributed by atoms with Crippen molar-refractivity contribution in [3.63, 3.8) is 0 Å². The van der Waals surface area contributed by atoms with Gasteiger partial charge in [-0.3, -0.25) is 9.69 Å². The normalized spacial score (nSPS) is 11.3. The second kappa shape index (κ2) is 5.60. The first-order valence-corrected chi connectivity index (χ1v) is 5.24. The van der Waals surface area contributed by atoms with Gasteiger partial charge in [0.05, 0.1) is 6.42 Å². The van der Waals surface area contributed by atoms with Crippen LogP contribution >= 0.6 is 0 Å². The van der Waals surface area contributed by atoms with E-state index in [9.17, 15) is 4.79 Å². The zero-order valence-corrected chi connectivity index (χ0v) is 9.80. The summed E-state index contributed by atoms with van der Waals surface area (Å²) in [5.41, 5.74) is 1.51. The number of aliphatic carboxylic acids is 1. The molecular weight excluding hydrogens is 210 g/mol. The van der Waals surface area contributed by atoms with Gasteiger partial charge < -0.3 is 5.11 Å². The Balaban J connectivity index is 2.58. The van der Waals surface area contributed by atoms with E-state index in [1.807, 2.05) is 25.7 Å². The van der Waals surface area contributed by atoms with Gasteiger partial charge in [0.25, 0.3) is 0 Å². The van der Waals surface area contributed by atoms with Crippen LogP contribution < -0.4 is 0 Å². The SMILES string of the molecule is Cc1nonc1CN(CCC(=O)O)C(C)C. The van der Waals surface area contributed by atoms with E-state index >= 15 is 0 Å². The molecule has 0 aliphatic heterocycles. The maximum absolute atomic E-state index is 10.5. The molecule has 16 heavy (non-hydrogen) atoms. The highest BCUT2D eigenvalue weighted by atomic mass is 16.6. The molecule has 90 valence electrons. The summed E-state index contributed by atoms with van der Waals surface area (Å²) in [6.07, 6.45) is 0.127. The third-order valence-electron chi connectivity index (χ3n) is 2.44. The number of hydrogen-bond donors (Lipinski definition) is 1. The molecule has 0 atom stereocenters. The number of aromatic nitrogens is 2. The standard InChI is InChI=1S/C10H17N3O3/c1-7(2)13(5-4-10(14)15)6-9-8(3)11-16-12-9/h7H,4-6H2,1-3H3,(H,14,15). The second-order valence-corrected chi connectivity index (χ2v) is 4.00. The molecule has 6 nitrogen and oxygen atoms in total. The van der Waals surface area contributed by atoms with Crippen LogP contribution in [0.2, 0.25) is 0 Å². The predicted molar refractivity (Wildman–Crippen MR) is 56.8 cm³/mol. The Kier molecular flexibility index (Phi) is 4.42. The van der Waals surface area contributed by atoms with Crippen LogP contribution in [0.5, 0.6) is 0 Å². The molecule has 1 aromatic rings. The van der Waals surface area contributed by atoms with Gasteiger partial charge in [-0.05, 0) is 20.8 Å². The Labute approximate surface area is 94.2 Å². The molecule has 0 radical (unpaired) electrons. The molecule has 0 spiro atoms. The molecule has 0 aliphatic carbocycles. The van der Waals surface area contributed by atoms with Crippen molar-refractivity contribution in [2.75, 3.05) is 6.54 Å². The van der Waals surface area contributed by atoms with Crippen molar-refractivity contribution < 1.29 is 14.5 Å². The summed E-state index contributed by atoms with van der Waals surface area (Å²) in [5, 5.41) is 16.1. The lowest BCUT2D eigenvalue weighted by Crippen LogP contribution is -2.32. The smallest absolute Gasteiger partial charge is 0.304 e. The number of carboxylic acid groups (broad SMARTS) is 1. The lowest BCUT2D eigenvalue weighted by molar-refractivity contribution is -0.137. The number of carbonyl (C=O) groups is 1. The first-order valence-electron chi connectivity index (χ1n) is 5.24. The van der Waals surface area contributed by atoms with E-state index in [1.54, 1.807) is 0 Å². The fourth-order valence-electron chi connectivity index (χ4n) is 1.34. The molecule has 0 amide bonds. The van der Waals surface area contributed by atoms with Crippen molar-refractivity contribution in [1.29, 1.82) is 0 Å². The van der Waals surface area contributed by atoms with Gasteiger partial charge in [-0.1, -0.05) is 10.3 Å². The number of carboxylic acids is 1. The maximum atomic E-state index is 10.5. The summed E-state index contributed by atoms with van der Waals surface area (Å²) < 4.78 is 4.61. The van der Waals surface area contributed by atoms with E-state index in [0.29, 0.717) is 13.1 Å². The van der Waals surface area contributed by atoms with Gasteiger partial charge in [0.1, 0.15) is 11.4 Å². The molecule has 1 rings (SSSR count). The molecule has 0 saturated heterocycles. The summed E-state index contributed by atoms with van der Waals surface area (Å²) in [6, 6.07) is 0.260. The molecule has 1 heterocycles. The minimum Gasteiger partial charge on any atom is -0.481 e. The van der Waals surface area contributed by atoms with Gasteiger partial charge in [-0.15, -0.1) is 0 Å².